The number of aliphatic hydroxyl groups is 1. The molecule has 2 N–H and O–H groups in total. The molecule has 0 aromatic heterocycles. The van der Waals surface area contributed by atoms with Crippen molar-refractivity contribution in [3.8, 4) is 11.1 Å². The number of allylic oxidation sites excluding steroid dienone is 2. The predicted molar refractivity (Wildman–Crippen MR) is 147 cm³/mol. The predicted octanol–water partition coefficient (Wildman–Crippen LogP) is 5.97. The third-order valence-corrected chi connectivity index (χ3v) is 7.27. The number of carbonyl (C=O) groups is 3. The molecule has 39 heavy (non-hydrogen) atoms. The number of hydrogen-bond donors (Lipinski definition) is 2. The van der Waals surface area contributed by atoms with Crippen LogP contribution < -0.4 is 0 Å². The molecular weight excluding hydrogens is 492 g/mol. The molecule has 4 atom stereocenters. The van der Waals surface area contributed by atoms with Crippen molar-refractivity contribution >= 4 is 17.7 Å². The summed E-state index contributed by atoms with van der Waals surface area (Å²) in [4.78, 5) is 37.7. The summed E-state index contributed by atoms with van der Waals surface area (Å²) in [6.07, 6.45) is 5.47. The van der Waals surface area contributed by atoms with E-state index in [2.05, 4.69) is 0 Å². The molecule has 0 heterocycles. The Morgan fingerprint density at radius 1 is 0.846 bits per heavy atom. The van der Waals surface area contributed by atoms with Crippen LogP contribution in [0.2, 0.25) is 0 Å². The second kappa shape index (κ2) is 11.4. The summed E-state index contributed by atoms with van der Waals surface area (Å²) in [5.74, 6) is -3.24. The lowest BCUT2D eigenvalue weighted by Crippen LogP contribution is -2.29. The second-order valence-corrected chi connectivity index (χ2v) is 9.84. The Kier molecular flexibility index (Phi) is 7.55. The summed E-state index contributed by atoms with van der Waals surface area (Å²) in [6.45, 7) is 0. The van der Waals surface area contributed by atoms with Crippen molar-refractivity contribution in [2.45, 2.75) is 18.9 Å². The van der Waals surface area contributed by atoms with Crippen LogP contribution in [0, 0.1) is 17.8 Å². The summed E-state index contributed by atoms with van der Waals surface area (Å²) in [5.41, 5.74) is 3.90. The van der Waals surface area contributed by atoms with E-state index in [1.807, 2.05) is 72.8 Å². The fraction of sp³-hybridized carbons (Fsp3) is 0.182. The number of carboxylic acids is 1. The van der Waals surface area contributed by atoms with Crippen molar-refractivity contribution in [2.24, 2.45) is 17.8 Å². The number of carbonyl (C=O) groups excluding carboxylic acids is 2. The van der Waals surface area contributed by atoms with Crippen LogP contribution in [-0.2, 0) is 20.7 Å². The average molecular weight is 521 g/mol. The maximum Gasteiger partial charge on any atom is 0.338 e. The molecule has 1 saturated carbocycles. The summed E-state index contributed by atoms with van der Waals surface area (Å²) in [6, 6.07) is 26.2. The van der Waals surface area contributed by atoms with Crippen molar-refractivity contribution in [3.05, 3.63) is 132 Å². The molecule has 3 aromatic carbocycles. The first kappa shape index (κ1) is 25.9. The molecule has 0 amide bonds. The molecule has 5 rings (SSSR count). The molecule has 0 saturated heterocycles. The lowest BCUT2D eigenvalue weighted by Gasteiger charge is -2.23. The summed E-state index contributed by atoms with van der Waals surface area (Å²) < 4.78 is 5.99. The molecule has 0 bridgehead atoms. The number of esters is 1. The largest absolute Gasteiger partial charge is 0.508 e. The molecule has 0 spiro atoms. The molecule has 3 aromatic rings. The standard InChI is InChI=1S/C33H28O6/c34-25(17-21-7-3-1-4-8-21)15-16-27-29(20-31(36)37)28-18-26(35)19-30(28)32(27)39-33(38)24-13-11-23(12-14-24)22-9-5-2-6-10-22/h1-16,18-19,27,29-30,32,35H,17,20H2,(H,36,37)/t27-,29-,30+,32+/m1/s1. The first-order valence-electron chi connectivity index (χ1n) is 12.8. The topological polar surface area (TPSA) is 101 Å². The Morgan fingerprint density at radius 3 is 2.15 bits per heavy atom. The van der Waals surface area contributed by atoms with Gasteiger partial charge in [0.1, 0.15) is 11.9 Å². The molecule has 6 heteroatoms. The van der Waals surface area contributed by atoms with E-state index in [-0.39, 0.29) is 24.4 Å². The first-order valence-corrected chi connectivity index (χ1v) is 12.8. The van der Waals surface area contributed by atoms with Crippen LogP contribution in [0.15, 0.2) is 121 Å². The average Bonchev–Trinajstić information content (AvgIpc) is 3.44. The molecule has 6 nitrogen and oxygen atoms in total. The third kappa shape index (κ3) is 5.91. The number of benzene rings is 3. The number of rotatable bonds is 9. The van der Waals surface area contributed by atoms with Gasteiger partial charge in [-0.1, -0.05) is 84.4 Å². The highest BCUT2D eigenvalue weighted by Gasteiger charge is 2.49. The van der Waals surface area contributed by atoms with Gasteiger partial charge in [0.25, 0.3) is 0 Å². The molecular formula is C33H28O6. The summed E-state index contributed by atoms with van der Waals surface area (Å²) >= 11 is 0. The Morgan fingerprint density at radius 2 is 1.49 bits per heavy atom. The van der Waals surface area contributed by atoms with E-state index in [9.17, 15) is 24.6 Å². The van der Waals surface area contributed by atoms with Gasteiger partial charge in [0, 0.05) is 24.2 Å². The number of ether oxygens (including phenoxy) is 1. The Bertz CT molecular complexity index is 1450. The van der Waals surface area contributed by atoms with Gasteiger partial charge >= 0.3 is 11.9 Å². The lowest BCUT2D eigenvalue weighted by atomic mass is 9.88. The lowest BCUT2D eigenvalue weighted by molar-refractivity contribution is -0.138. The molecule has 0 radical (unpaired) electrons. The van der Waals surface area contributed by atoms with E-state index < -0.39 is 35.8 Å². The van der Waals surface area contributed by atoms with Gasteiger partial charge in [-0.25, -0.2) is 4.79 Å². The Hall–Kier alpha value is -4.71. The van der Waals surface area contributed by atoms with E-state index in [1.165, 1.54) is 6.08 Å². The number of carboxylic acid groups (broad SMARTS) is 1. The Labute approximate surface area is 226 Å². The normalized spacial score (nSPS) is 21.7. The zero-order valence-corrected chi connectivity index (χ0v) is 21.1. The van der Waals surface area contributed by atoms with Crippen molar-refractivity contribution in [1.29, 1.82) is 0 Å². The van der Waals surface area contributed by atoms with E-state index in [0.717, 1.165) is 16.7 Å². The van der Waals surface area contributed by atoms with Gasteiger partial charge in [-0.05, 0) is 47.1 Å². The van der Waals surface area contributed by atoms with Crippen LogP contribution in [0.5, 0.6) is 0 Å². The van der Waals surface area contributed by atoms with E-state index in [0.29, 0.717) is 11.1 Å². The van der Waals surface area contributed by atoms with Gasteiger partial charge < -0.3 is 14.9 Å². The van der Waals surface area contributed by atoms with Gasteiger partial charge in [0.15, 0.2) is 5.78 Å². The van der Waals surface area contributed by atoms with Crippen molar-refractivity contribution in [2.75, 3.05) is 0 Å². The first-order chi connectivity index (χ1) is 18.9. The molecule has 0 unspecified atom stereocenters. The number of ketones is 1. The number of aliphatic carboxylic acids is 1. The van der Waals surface area contributed by atoms with E-state index >= 15 is 0 Å². The maximum absolute atomic E-state index is 13.2. The minimum absolute atomic E-state index is 0.0150. The van der Waals surface area contributed by atoms with Crippen LogP contribution in [0.25, 0.3) is 11.1 Å². The highest BCUT2D eigenvalue weighted by atomic mass is 16.5. The van der Waals surface area contributed by atoms with E-state index in [4.69, 9.17) is 4.74 Å². The van der Waals surface area contributed by atoms with Gasteiger partial charge in [-0.3, -0.25) is 9.59 Å². The fourth-order valence-electron chi connectivity index (χ4n) is 5.46. The molecule has 0 aliphatic heterocycles. The highest BCUT2D eigenvalue weighted by molar-refractivity contribution is 5.92. The van der Waals surface area contributed by atoms with Crippen molar-refractivity contribution < 1.29 is 29.3 Å². The monoisotopic (exact) mass is 520 g/mol. The van der Waals surface area contributed by atoms with Crippen molar-refractivity contribution in [3.63, 3.8) is 0 Å². The minimum Gasteiger partial charge on any atom is -0.508 e. The summed E-state index contributed by atoms with van der Waals surface area (Å²) in [7, 11) is 0. The van der Waals surface area contributed by atoms with Crippen LogP contribution in [-0.4, -0.2) is 34.0 Å². The number of aliphatic hydroxyl groups excluding tert-OH is 1. The van der Waals surface area contributed by atoms with Gasteiger partial charge in [0.2, 0.25) is 0 Å². The molecule has 2 aliphatic rings. The highest BCUT2D eigenvalue weighted by Crippen LogP contribution is 2.49. The van der Waals surface area contributed by atoms with Gasteiger partial charge in [-0.2, -0.15) is 0 Å². The molecule has 2 aliphatic carbocycles. The van der Waals surface area contributed by atoms with Crippen LogP contribution in [0.3, 0.4) is 0 Å². The van der Waals surface area contributed by atoms with Gasteiger partial charge in [-0.15, -0.1) is 0 Å². The SMILES string of the molecule is O=C(O)C[C@H]1C2=CC(O)=C[C@@H]2[C@@H](OC(=O)c2ccc(-c3ccccc3)cc2)[C@@H]1C=CC(=O)Cc1ccccc1. The Balaban J connectivity index is 1.39. The van der Waals surface area contributed by atoms with Crippen LogP contribution in [0.4, 0.5) is 0 Å². The van der Waals surface area contributed by atoms with Crippen LogP contribution in [0.1, 0.15) is 22.3 Å². The third-order valence-electron chi connectivity index (χ3n) is 7.27. The van der Waals surface area contributed by atoms with E-state index in [1.54, 1.807) is 30.4 Å². The van der Waals surface area contributed by atoms with Crippen LogP contribution >= 0.6 is 0 Å². The summed E-state index contributed by atoms with van der Waals surface area (Å²) in [5, 5.41) is 19.8. The quantitative estimate of drug-likeness (QED) is 0.266. The fourth-order valence-corrected chi connectivity index (χ4v) is 5.46. The maximum atomic E-state index is 13.2. The number of fused-ring (bicyclic) bond motifs is 1. The zero-order chi connectivity index (χ0) is 27.4. The zero-order valence-electron chi connectivity index (χ0n) is 21.1. The van der Waals surface area contributed by atoms with Crippen molar-refractivity contribution in [1.82, 2.24) is 0 Å². The molecule has 1 fully saturated rings. The molecule has 196 valence electrons. The second-order valence-electron chi connectivity index (χ2n) is 9.84. The smallest absolute Gasteiger partial charge is 0.338 e. The minimum atomic E-state index is -1.01. The van der Waals surface area contributed by atoms with Gasteiger partial charge in [0.05, 0.1) is 12.0 Å². The number of hydrogen-bond acceptors (Lipinski definition) is 5.